The number of benzene rings is 1. The van der Waals surface area contributed by atoms with Crippen LogP contribution in [0.15, 0.2) is 24.3 Å². The molecule has 0 aromatic heterocycles. The van der Waals surface area contributed by atoms with Crippen molar-refractivity contribution in [2.45, 2.75) is 64.0 Å². The maximum absolute atomic E-state index is 5.61. The molecular formula is C18H29NO. The SMILES string of the molecule is CCNC(CC(C)(C)OC)c1cccc(C2CCC2)c1. The predicted octanol–water partition coefficient (Wildman–Crippen LogP) is 4.42. The average molecular weight is 275 g/mol. The van der Waals surface area contributed by atoms with Crippen LogP contribution in [0.25, 0.3) is 0 Å². The number of hydrogen-bond acceptors (Lipinski definition) is 2. The fourth-order valence-corrected chi connectivity index (χ4v) is 2.90. The van der Waals surface area contributed by atoms with Gasteiger partial charge >= 0.3 is 0 Å². The number of nitrogens with one attached hydrogen (secondary N) is 1. The highest BCUT2D eigenvalue weighted by Gasteiger charge is 2.25. The first kappa shape index (κ1) is 15.5. The fourth-order valence-electron chi connectivity index (χ4n) is 2.90. The number of ether oxygens (including phenoxy) is 1. The van der Waals surface area contributed by atoms with Gasteiger partial charge in [-0.25, -0.2) is 0 Å². The normalized spacial score (nSPS) is 17.8. The second-order valence-electron chi connectivity index (χ2n) is 6.58. The Labute approximate surface area is 123 Å². The van der Waals surface area contributed by atoms with Crippen LogP contribution in [0.2, 0.25) is 0 Å². The molecule has 2 nitrogen and oxygen atoms in total. The zero-order chi connectivity index (χ0) is 14.6. The molecule has 0 saturated heterocycles. The van der Waals surface area contributed by atoms with Crippen LogP contribution in [-0.2, 0) is 4.74 Å². The maximum Gasteiger partial charge on any atom is 0.0640 e. The van der Waals surface area contributed by atoms with Gasteiger partial charge in [-0.2, -0.15) is 0 Å². The molecule has 0 heterocycles. The van der Waals surface area contributed by atoms with Crippen molar-refractivity contribution in [3.8, 4) is 0 Å². The van der Waals surface area contributed by atoms with E-state index < -0.39 is 0 Å². The average Bonchev–Trinajstić information content (AvgIpc) is 2.36. The van der Waals surface area contributed by atoms with Gasteiger partial charge < -0.3 is 10.1 Å². The van der Waals surface area contributed by atoms with Crippen molar-refractivity contribution in [1.29, 1.82) is 0 Å². The summed E-state index contributed by atoms with van der Waals surface area (Å²) in [4.78, 5) is 0. The van der Waals surface area contributed by atoms with E-state index in [4.69, 9.17) is 4.74 Å². The third kappa shape index (κ3) is 3.83. The van der Waals surface area contributed by atoms with Crippen LogP contribution in [0.1, 0.15) is 69.5 Å². The Bertz CT molecular complexity index is 423. The molecular weight excluding hydrogens is 246 g/mol. The first-order valence-electron chi connectivity index (χ1n) is 7.94. The van der Waals surface area contributed by atoms with E-state index in [1.54, 1.807) is 7.11 Å². The van der Waals surface area contributed by atoms with Crippen LogP contribution in [0.5, 0.6) is 0 Å². The smallest absolute Gasteiger partial charge is 0.0640 e. The van der Waals surface area contributed by atoms with E-state index >= 15 is 0 Å². The Morgan fingerprint density at radius 2 is 2.10 bits per heavy atom. The molecule has 1 aromatic carbocycles. The van der Waals surface area contributed by atoms with Gasteiger partial charge in [0.15, 0.2) is 0 Å². The molecule has 0 amide bonds. The molecule has 1 fully saturated rings. The van der Waals surface area contributed by atoms with Crippen molar-refractivity contribution in [3.63, 3.8) is 0 Å². The minimum Gasteiger partial charge on any atom is -0.379 e. The highest BCUT2D eigenvalue weighted by atomic mass is 16.5. The molecule has 20 heavy (non-hydrogen) atoms. The van der Waals surface area contributed by atoms with Crippen molar-refractivity contribution in [3.05, 3.63) is 35.4 Å². The van der Waals surface area contributed by atoms with Gasteiger partial charge in [0.1, 0.15) is 0 Å². The first-order chi connectivity index (χ1) is 9.55. The second kappa shape index (κ2) is 6.73. The van der Waals surface area contributed by atoms with Crippen molar-refractivity contribution in [2.75, 3.05) is 13.7 Å². The molecule has 1 aromatic rings. The summed E-state index contributed by atoms with van der Waals surface area (Å²) >= 11 is 0. The molecule has 1 aliphatic rings. The molecule has 2 rings (SSSR count). The van der Waals surface area contributed by atoms with Crippen LogP contribution in [0.3, 0.4) is 0 Å². The molecule has 1 unspecified atom stereocenters. The summed E-state index contributed by atoms with van der Waals surface area (Å²) in [5.74, 6) is 0.799. The molecule has 0 bridgehead atoms. The minimum atomic E-state index is -0.0979. The summed E-state index contributed by atoms with van der Waals surface area (Å²) < 4.78 is 5.61. The highest BCUT2D eigenvalue weighted by molar-refractivity contribution is 5.30. The van der Waals surface area contributed by atoms with Crippen molar-refractivity contribution in [1.82, 2.24) is 5.32 Å². The molecule has 112 valence electrons. The van der Waals surface area contributed by atoms with E-state index in [1.807, 2.05) is 0 Å². The molecule has 1 aliphatic carbocycles. The van der Waals surface area contributed by atoms with E-state index in [0.717, 1.165) is 18.9 Å². The Kier molecular flexibility index (Phi) is 5.22. The molecule has 1 atom stereocenters. The topological polar surface area (TPSA) is 21.3 Å². The predicted molar refractivity (Wildman–Crippen MR) is 85.2 cm³/mol. The Morgan fingerprint density at radius 1 is 1.35 bits per heavy atom. The van der Waals surface area contributed by atoms with E-state index in [-0.39, 0.29) is 5.60 Å². The van der Waals surface area contributed by atoms with Gasteiger partial charge in [-0.05, 0) is 56.7 Å². The van der Waals surface area contributed by atoms with Gasteiger partial charge in [-0.15, -0.1) is 0 Å². The lowest BCUT2D eigenvalue weighted by molar-refractivity contribution is 0.00696. The molecule has 0 aliphatic heterocycles. The van der Waals surface area contributed by atoms with Crippen molar-refractivity contribution >= 4 is 0 Å². The van der Waals surface area contributed by atoms with E-state index in [2.05, 4.69) is 50.4 Å². The Balaban J connectivity index is 2.15. The van der Waals surface area contributed by atoms with E-state index in [0.29, 0.717) is 6.04 Å². The Morgan fingerprint density at radius 3 is 2.65 bits per heavy atom. The quantitative estimate of drug-likeness (QED) is 0.795. The van der Waals surface area contributed by atoms with Crippen LogP contribution in [0, 0.1) is 0 Å². The zero-order valence-corrected chi connectivity index (χ0v) is 13.4. The molecule has 1 N–H and O–H groups in total. The summed E-state index contributed by atoms with van der Waals surface area (Å²) in [7, 11) is 1.80. The van der Waals surface area contributed by atoms with E-state index in [1.165, 1.54) is 30.4 Å². The highest BCUT2D eigenvalue weighted by Crippen LogP contribution is 2.37. The maximum atomic E-state index is 5.61. The monoisotopic (exact) mass is 275 g/mol. The minimum absolute atomic E-state index is 0.0979. The number of rotatable bonds is 7. The van der Waals surface area contributed by atoms with Gasteiger partial charge in [0.05, 0.1) is 5.60 Å². The molecule has 1 saturated carbocycles. The van der Waals surface area contributed by atoms with Crippen molar-refractivity contribution < 1.29 is 4.74 Å². The molecule has 0 spiro atoms. The third-order valence-corrected chi connectivity index (χ3v) is 4.59. The van der Waals surface area contributed by atoms with Crippen molar-refractivity contribution in [2.24, 2.45) is 0 Å². The lowest BCUT2D eigenvalue weighted by Crippen LogP contribution is -2.32. The second-order valence-corrected chi connectivity index (χ2v) is 6.58. The van der Waals surface area contributed by atoms with Crippen LogP contribution in [0.4, 0.5) is 0 Å². The zero-order valence-electron chi connectivity index (χ0n) is 13.4. The summed E-state index contributed by atoms with van der Waals surface area (Å²) in [5.41, 5.74) is 2.83. The fraction of sp³-hybridized carbons (Fsp3) is 0.667. The van der Waals surface area contributed by atoms with Gasteiger partial charge in [0.25, 0.3) is 0 Å². The number of methoxy groups -OCH3 is 1. The lowest BCUT2D eigenvalue weighted by Gasteiger charge is -2.31. The van der Waals surface area contributed by atoms with Crippen LogP contribution < -0.4 is 5.32 Å². The van der Waals surface area contributed by atoms with Gasteiger partial charge in [-0.3, -0.25) is 0 Å². The summed E-state index contributed by atoms with van der Waals surface area (Å²) in [6.45, 7) is 7.47. The lowest BCUT2D eigenvalue weighted by atomic mass is 9.79. The van der Waals surface area contributed by atoms with Gasteiger partial charge in [0.2, 0.25) is 0 Å². The molecule has 0 radical (unpaired) electrons. The summed E-state index contributed by atoms with van der Waals surface area (Å²) in [5, 5.41) is 3.61. The largest absolute Gasteiger partial charge is 0.379 e. The third-order valence-electron chi connectivity index (χ3n) is 4.59. The molecule has 2 heteroatoms. The standard InChI is InChI=1S/C18H29NO/c1-5-19-17(13-18(2,3)20-4)16-11-7-10-15(12-16)14-8-6-9-14/h7,10-12,14,17,19H,5-6,8-9,13H2,1-4H3. The Hall–Kier alpha value is -0.860. The summed E-state index contributed by atoms with van der Waals surface area (Å²) in [6, 6.07) is 9.53. The number of hydrogen-bond donors (Lipinski definition) is 1. The summed E-state index contributed by atoms with van der Waals surface area (Å²) in [6.07, 6.45) is 5.10. The first-order valence-corrected chi connectivity index (χ1v) is 7.94. The van der Waals surface area contributed by atoms with Gasteiger partial charge in [-0.1, -0.05) is 37.6 Å². The van der Waals surface area contributed by atoms with Gasteiger partial charge in [0, 0.05) is 13.2 Å². The van der Waals surface area contributed by atoms with Crippen LogP contribution >= 0.6 is 0 Å². The van der Waals surface area contributed by atoms with E-state index in [9.17, 15) is 0 Å². The van der Waals surface area contributed by atoms with Crippen LogP contribution in [-0.4, -0.2) is 19.3 Å².